The fourth-order valence-corrected chi connectivity index (χ4v) is 5.75. The van der Waals surface area contributed by atoms with Crippen LogP contribution in [-0.4, -0.2) is 34.6 Å². The average Bonchev–Trinajstić information content (AvgIpc) is 3.32. The molecule has 1 aromatic carbocycles. The highest BCUT2D eigenvalue weighted by atomic mass is 32.2. The number of carbonyl (C=O) groups excluding carboxylic acids is 2. The van der Waals surface area contributed by atoms with Crippen LogP contribution in [0.15, 0.2) is 23.1 Å². The maximum atomic E-state index is 12.9. The molecule has 1 aromatic rings. The summed E-state index contributed by atoms with van der Waals surface area (Å²) in [5.74, 6) is 0.153. The van der Waals surface area contributed by atoms with Crippen molar-refractivity contribution in [3.8, 4) is 0 Å². The minimum absolute atomic E-state index is 0.0163. The number of halogens is 3. The summed E-state index contributed by atoms with van der Waals surface area (Å²) in [5.41, 5.74) is -0.628. The summed E-state index contributed by atoms with van der Waals surface area (Å²) in [5, 5.41) is 1.94. The molecule has 1 saturated carbocycles. The van der Waals surface area contributed by atoms with Gasteiger partial charge in [0.15, 0.2) is 0 Å². The molecule has 4 rings (SSSR count). The van der Waals surface area contributed by atoms with Gasteiger partial charge in [0, 0.05) is 23.9 Å². The van der Waals surface area contributed by atoms with Gasteiger partial charge in [-0.2, -0.15) is 13.2 Å². The number of hydrogen-bond acceptors (Lipinski definition) is 3. The van der Waals surface area contributed by atoms with Crippen molar-refractivity contribution in [2.24, 2.45) is 5.92 Å². The maximum Gasteiger partial charge on any atom is 0.416 e. The van der Waals surface area contributed by atoms with Gasteiger partial charge in [0.25, 0.3) is 0 Å². The Morgan fingerprint density at radius 2 is 1.93 bits per heavy atom. The lowest BCUT2D eigenvalue weighted by atomic mass is 9.96. The molecule has 2 amide bonds. The molecule has 0 spiro atoms. The van der Waals surface area contributed by atoms with Crippen LogP contribution in [0.2, 0.25) is 0 Å². The summed E-state index contributed by atoms with van der Waals surface area (Å²) >= 11 is 1.18. The van der Waals surface area contributed by atoms with Crippen molar-refractivity contribution in [1.29, 1.82) is 0 Å². The molecule has 1 aliphatic carbocycles. The Labute approximate surface area is 166 Å². The fourth-order valence-electron chi connectivity index (χ4n) is 4.67. The second kappa shape index (κ2) is 7.61. The zero-order valence-electron chi connectivity index (χ0n) is 15.4. The number of rotatable bonds is 3. The first kappa shape index (κ1) is 19.6. The van der Waals surface area contributed by atoms with Crippen LogP contribution in [0.3, 0.4) is 0 Å². The zero-order valence-corrected chi connectivity index (χ0v) is 16.2. The number of benzene rings is 1. The standard InChI is InChI=1S/C20H23F3N2O2S/c21-20(22,23)13-7-8-16-14(10-13)24-19(27)17(28-16)11-18(26)25-9-3-6-15(25)12-4-1-2-5-12/h7-8,10,12,15,17H,1-6,9,11H2,(H,24,27)/t15-,17-/m0/s1. The molecule has 28 heavy (non-hydrogen) atoms. The van der Waals surface area contributed by atoms with Gasteiger partial charge < -0.3 is 10.2 Å². The number of fused-ring (bicyclic) bond motifs is 1. The van der Waals surface area contributed by atoms with Crippen molar-refractivity contribution >= 4 is 29.3 Å². The van der Waals surface area contributed by atoms with Crippen LogP contribution >= 0.6 is 11.8 Å². The van der Waals surface area contributed by atoms with Crippen molar-refractivity contribution in [3.05, 3.63) is 23.8 Å². The third kappa shape index (κ3) is 3.88. The molecule has 2 atom stereocenters. The average molecular weight is 412 g/mol. The third-order valence-electron chi connectivity index (χ3n) is 6.05. The number of likely N-dealkylation sites (tertiary alicyclic amines) is 1. The van der Waals surface area contributed by atoms with Crippen molar-refractivity contribution < 1.29 is 22.8 Å². The second-order valence-electron chi connectivity index (χ2n) is 7.85. The number of carbonyl (C=O) groups is 2. The van der Waals surface area contributed by atoms with E-state index in [4.69, 9.17) is 0 Å². The van der Waals surface area contributed by atoms with Crippen LogP contribution in [0.1, 0.15) is 50.5 Å². The van der Waals surface area contributed by atoms with Gasteiger partial charge in [-0.1, -0.05) is 12.8 Å². The second-order valence-corrected chi connectivity index (χ2v) is 9.09. The predicted molar refractivity (Wildman–Crippen MR) is 101 cm³/mol. The Morgan fingerprint density at radius 3 is 2.64 bits per heavy atom. The summed E-state index contributed by atoms with van der Waals surface area (Å²) in [7, 11) is 0. The number of nitrogens with one attached hydrogen (secondary N) is 1. The minimum atomic E-state index is -4.46. The van der Waals surface area contributed by atoms with E-state index in [0.29, 0.717) is 10.8 Å². The summed E-state index contributed by atoms with van der Waals surface area (Å²) < 4.78 is 38.6. The van der Waals surface area contributed by atoms with Gasteiger partial charge in [0.05, 0.1) is 16.5 Å². The Morgan fingerprint density at radius 1 is 1.18 bits per heavy atom. The van der Waals surface area contributed by atoms with E-state index in [9.17, 15) is 22.8 Å². The number of nitrogens with zero attached hydrogens (tertiary/aromatic N) is 1. The predicted octanol–water partition coefficient (Wildman–Crippen LogP) is 4.69. The van der Waals surface area contributed by atoms with Gasteiger partial charge >= 0.3 is 6.18 Å². The van der Waals surface area contributed by atoms with E-state index < -0.39 is 22.9 Å². The van der Waals surface area contributed by atoms with Crippen molar-refractivity contribution in [2.75, 3.05) is 11.9 Å². The molecule has 0 bridgehead atoms. The van der Waals surface area contributed by atoms with E-state index in [2.05, 4.69) is 5.32 Å². The van der Waals surface area contributed by atoms with E-state index in [-0.39, 0.29) is 24.1 Å². The highest BCUT2D eigenvalue weighted by Crippen LogP contribution is 2.41. The molecule has 1 saturated heterocycles. The van der Waals surface area contributed by atoms with E-state index in [1.165, 1.54) is 43.5 Å². The van der Waals surface area contributed by atoms with E-state index >= 15 is 0 Å². The Hall–Kier alpha value is -1.70. The smallest absolute Gasteiger partial charge is 0.339 e. The van der Waals surface area contributed by atoms with Gasteiger partial charge in [0.1, 0.15) is 0 Å². The number of alkyl halides is 3. The van der Waals surface area contributed by atoms with Crippen LogP contribution in [0, 0.1) is 5.92 Å². The Balaban J connectivity index is 1.44. The first-order valence-electron chi connectivity index (χ1n) is 9.81. The van der Waals surface area contributed by atoms with Crippen LogP contribution in [-0.2, 0) is 15.8 Å². The largest absolute Gasteiger partial charge is 0.416 e. The van der Waals surface area contributed by atoms with E-state index in [1.54, 1.807) is 0 Å². The molecule has 0 radical (unpaired) electrons. The summed E-state index contributed by atoms with van der Waals surface area (Å²) in [6.07, 6.45) is 2.44. The monoisotopic (exact) mass is 412 g/mol. The third-order valence-corrected chi connectivity index (χ3v) is 7.33. The molecular weight excluding hydrogens is 389 g/mol. The number of hydrogen-bond donors (Lipinski definition) is 1. The molecule has 0 aromatic heterocycles. The van der Waals surface area contributed by atoms with Crippen LogP contribution < -0.4 is 5.32 Å². The van der Waals surface area contributed by atoms with Gasteiger partial charge in [-0.05, 0) is 49.8 Å². The summed E-state index contributed by atoms with van der Waals surface area (Å²) in [4.78, 5) is 27.8. The minimum Gasteiger partial charge on any atom is -0.339 e. The van der Waals surface area contributed by atoms with Gasteiger partial charge in [0.2, 0.25) is 11.8 Å². The zero-order chi connectivity index (χ0) is 19.9. The molecule has 2 heterocycles. The molecule has 3 aliphatic rings. The highest BCUT2D eigenvalue weighted by molar-refractivity contribution is 8.01. The molecule has 2 aliphatic heterocycles. The molecule has 152 valence electrons. The molecule has 0 unspecified atom stereocenters. The van der Waals surface area contributed by atoms with Crippen molar-refractivity contribution in [2.45, 2.75) is 67.3 Å². The van der Waals surface area contributed by atoms with Crippen molar-refractivity contribution in [3.63, 3.8) is 0 Å². The lowest BCUT2D eigenvalue weighted by molar-refractivity contribution is -0.137. The molecule has 8 heteroatoms. The van der Waals surface area contributed by atoms with Crippen LogP contribution in [0.25, 0.3) is 0 Å². The fraction of sp³-hybridized carbons (Fsp3) is 0.600. The highest BCUT2D eigenvalue weighted by Gasteiger charge is 2.39. The van der Waals surface area contributed by atoms with Gasteiger partial charge in [-0.15, -0.1) is 11.8 Å². The van der Waals surface area contributed by atoms with Gasteiger partial charge in [-0.25, -0.2) is 0 Å². The number of amides is 2. The molecule has 1 N–H and O–H groups in total. The quantitative estimate of drug-likeness (QED) is 0.784. The van der Waals surface area contributed by atoms with Gasteiger partial charge in [-0.3, -0.25) is 9.59 Å². The SMILES string of the molecule is O=C1Nc2cc(C(F)(F)F)ccc2S[C@H]1CC(=O)N1CCC[C@H]1C1CCCC1. The van der Waals surface area contributed by atoms with Crippen molar-refractivity contribution in [1.82, 2.24) is 4.90 Å². The summed E-state index contributed by atoms with van der Waals surface area (Å²) in [6, 6.07) is 3.62. The maximum absolute atomic E-state index is 12.9. The first-order valence-corrected chi connectivity index (χ1v) is 10.7. The van der Waals surface area contributed by atoms with Crippen LogP contribution in [0.5, 0.6) is 0 Å². The van der Waals surface area contributed by atoms with E-state index in [1.807, 2.05) is 4.90 Å². The first-order chi connectivity index (χ1) is 13.3. The number of anilines is 1. The molecule has 2 fully saturated rings. The topological polar surface area (TPSA) is 49.4 Å². The molecular formula is C20H23F3N2O2S. The summed E-state index contributed by atoms with van der Waals surface area (Å²) in [6.45, 7) is 0.741. The Kier molecular flexibility index (Phi) is 5.33. The lowest BCUT2D eigenvalue weighted by Crippen LogP contribution is -2.42. The molecule has 4 nitrogen and oxygen atoms in total. The van der Waals surface area contributed by atoms with Crippen LogP contribution in [0.4, 0.5) is 18.9 Å². The lowest BCUT2D eigenvalue weighted by Gasteiger charge is -2.31. The number of thioether (sulfide) groups is 1. The Bertz CT molecular complexity index is 777. The normalized spacial score (nSPS) is 25.7. The van der Waals surface area contributed by atoms with E-state index in [0.717, 1.165) is 31.5 Å².